The van der Waals surface area contributed by atoms with Crippen molar-refractivity contribution in [2.45, 2.75) is 0 Å². The lowest BCUT2D eigenvalue weighted by molar-refractivity contribution is 0.108. The summed E-state index contributed by atoms with van der Waals surface area (Å²) in [6, 6.07) is 3.08. The van der Waals surface area contributed by atoms with Crippen molar-refractivity contribution in [2.75, 3.05) is 0 Å². The van der Waals surface area contributed by atoms with Crippen LogP contribution in [0.2, 0.25) is 0 Å². The molecule has 0 aliphatic rings. The Hall–Kier alpha value is -1.41. The highest BCUT2D eigenvalue weighted by Crippen LogP contribution is 2.17. The molecule has 0 fully saturated rings. The molecule has 0 saturated heterocycles. The Labute approximate surface area is 77.2 Å². The van der Waals surface area contributed by atoms with Gasteiger partial charge in [-0.15, -0.1) is 0 Å². The first kappa shape index (κ1) is 9.68. The minimum Gasteiger partial charge on any atom is -0.280 e. The number of carbonyl (C=O) groups excluding carboxylic acids is 1. The number of thiocyanates is 1. The van der Waals surface area contributed by atoms with Crippen molar-refractivity contribution in [1.82, 2.24) is 0 Å². The smallest absolute Gasteiger partial charge is 0.239 e. The number of hydrogen-bond donors (Lipinski definition) is 0. The second-order valence-electron chi connectivity index (χ2n) is 2.08. The maximum Gasteiger partial charge on any atom is 0.239 e. The third kappa shape index (κ3) is 2.04. The van der Waals surface area contributed by atoms with Gasteiger partial charge in [-0.1, -0.05) is 6.07 Å². The number of benzene rings is 1. The molecular weight excluding hydrogens is 196 g/mol. The summed E-state index contributed by atoms with van der Waals surface area (Å²) in [4.78, 5) is 10.9. The number of rotatable bonds is 1. The van der Waals surface area contributed by atoms with Crippen molar-refractivity contribution in [3.05, 3.63) is 35.4 Å². The Bertz CT molecular complexity index is 366. The average Bonchev–Trinajstić information content (AvgIpc) is 2.04. The van der Waals surface area contributed by atoms with E-state index in [-0.39, 0.29) is 11.8 Å². The van der Waals surface area contributed by atoms with Gasteiger partial charge in [0.1, 0.15) is 22.6 Å². The number of nitriles is 1. The van der Waals surface area contributed by atoms with Gasteiger partial charge >= 0.3 is 0 Å². The largest absolute Gasteiger partial charge is 0.280 e. The topological polar surface area (TPSA) is 40.9 Å². The molecule has 0 atom stereocenters. The Kier molecular flexibility index (Phi) is 2.98. The van der Waals surface area contributed by atoms with Crippen molar-refractivity contribution in [1.29, 1.82) is 5.26 Å². The van der Waals surface area contributed by atoms with Gasteiger partial charge in [-0.3, -0.25) is 4.79 Å². The third-order valence-corrected chi connectivity index (χ3v) is 1.79. The van der Waals surface area contributed by atoms with Gasteiger partial charge in [-0.25, -0.2) is 8.78 Å². The van der Waals surface area contributed by atoms with Gasteiger partial charge in [0.05, 0.1) is 0 Å². The molecule has 1 rings (SSSR count). The van der Waals surface area contributed by atoms with E-state index in [0.717, 1.165) is 18.2 Å². The van der Waals surface area contributed by atoms with Crippen molar-refractivity contribution in [3.63, 3.8) is 0 Å². The summed E-state index contributed by atoms with van der Waals surface area (Å²) in [5.41, 5.74) is -0.672. The first-order chi connectivity index (χ1) is 6.16. The van der Waals surface area contributed by atoms with E-state index in [4.69, 9.17) is 5.26 Å². The van der Waals surface area contributed by atoms with Crippen LogP contribution in [0, 0.1) is 22.3 Å². The van der Waals surface area contributed by atoms with Gasteiger partial charge < -0.3 is 0 Å². The highest BCUT2D eigenvalue weighted by Gasteiger charge is 2.16. The van der Waals surface area contributed by atoms with E-state index in [1.807, 2.05) is 0 Å². The monoisotopic (exact) mass is 199 g/mol. The standard InChI is InChI=1S/C8H3F2NOS/c9-5-2-1-3-6(10)7(5)8(12)13-4-11/h1-3H. The summed E-state index contributed by atoms with van der Waals surface area (Å²) in [6.07, 6.45) is 0. The maximum atomic E-state index is 12.8. The number of hydrogen-bond acceptors (Lipinski definition) is 3. The second kappa shape index (κ2) is 4.01. The van der Waals surface area contributed by atoms with Crippen LogP contribution in [0.15, 0.2) is 18.2 Å². The van der Waals surface area contributed by atoms with Crippen LogP contribution in [0.4, 0.5) is 8.78 Å². The van der Waals surface area contributed by atoms with E-state index >= 15 is 0 Å². The zero-order valence-corrected chi connectivity index (χ0v) is 7.07. The van der Waals surface area contributed by atoms with Crippen LogP contribution in [0.3, 0.4) is 0 Å². The molecule has 0 amide bonds. The van der Waals surface area contributed by atoms with E-state index < -0.39 is 22.3 Å². The van der Waals surface area contributed by atoms with E-state index in [2.05, 4.69) is 0 Å². The van der Waals surface area contributed by atoms with E-state index in [9.17, 15) is 13.6 Å². The summed E-state index contributed by atoms with van der Waals surface area (Å²) in [7, 11) is 0. The van der Waals surface area contributed by atoms with Crippen LogP contribution in [-0.4, -0.2) is 5.12 Å². The quantitative estimate of drug-likeness (QED) is 0.651. The van der Waals surface area contributed by atoms with Crippen molar-refractivity contribution in [2.24, 2.45) is 0 Å². The molecule has 2 nitrogen and oxygen atoms in total. The zero-order valence-electron chi connectivity index (χ0n) is 6.25. The molecule has 0 aliphatic heterocycles. The average molecular weight is 199 g/mol. The normalized spacial score (nSPS) is 9.31. The molecule has 66 valence electrons. The number of nitrogens with zero attached hydrogens (tertiary/aromatic N) is 1. The van der Waals surface area contributed by atoms with E-state index in [0.29, 0.717) is 0 Å². The van der Waals surface area contributed by atoms with Crippen LogP contribution in [0.25, 0.3) is 0 Å². The summed E-state index contributed by atoms with van der Waals surface area (Å²) in [5.74, 6) is -1.90. The lowest BCUT2D eigenvalue weighted by Gasteiger charge is -1.98. The molecular formula is C8H3F2NOS. The number of thioether (sulfide) groups is 1. The van der Waals surface area contributed by atoms with Gasteiger partial charge in [0.15, 0.2) is 0 Å². The molecule has 0 N–H and O–H groups in total. The van der Waals surface area contributed by atoms with Crippen LogP contribution in [-0.2, 0) is 0 Å². The Morgan fingerprint density at radius 3 is 2.38 bits per heavy atom. The molecule has 0 aromatic heterocycles. The Morgan fingerprint density at radius 1 is 1.38 bits per heavy atom. The zero-order chi connectivity index (χ0) is 9.84. The van der Waals surface area contributed by atoms with Crippen molar-refractivity contribution < 1.29 is 13.6 Å². The number of halogens is 2. The maximum absolute atomic E-state index is 12.8. The number of carbonyl (C=O) groups is 1. The van der Waals surface area contributed by atoms with Crippen LogP contribution in [0.5, 0.6) is 0 Å². The molecule has 1 aromatic rings. The SMILES string of the molecule is N#CSC(=O)c1c(F)cccc1F. The molecule has 0 aliphatic carbocycles. The van der Waals surface area contributed by atoms with Crippen molar-refractivity contribution in [3.8, 4) is 5.40 Å². The molecule has 0 bridgehead atoms. The fraction of sp³-hybridized carbons (Fsp3) is 0. The lowest BCUT2D eigenvalue weighted by Crippen LogP contribution is -2.00. The second-order valence-corrected chi connectivity index (χ2v) is 2.83. The van der Waals surface area contributed by atoms with Gasteiger partial charge in [-0.05, 0) is 12.1 Å². The predicted octanol–water partition coefficient (Wildman–Crippen LogP) is 2.32. The van der Waals surface area contributed by atoms with E-state index in [1.165, 1.54) is 5.40 Å². The highest BCUT2D eigenvalue weighted by atomic mass is 32.2. The predicted molar refractivity (Wildman–Crippen MR) is 43.9 cm³/mol. The van der Waals surface area contributed by atoms with E-state index in [1.54, 1.807) is 0 Å². The Balaban J connectivity index is 3.14. The lowest BCUT2D eigenvalue weighted by atomic mass is 10.2. The molecule has 0 unspecified atom stereocenters. The Morgan fingerprint density at radius 2 is 1.92 bits per heavy atom. The first-order valence-corrected chi connectivity index (χ1v) is 4.02. The summed E-state index contributed by atoms with van der Waals surface area (Å²) in [5, 5.41) is 8.66. The van der Waals surface area contributed by atoms with Gasteiger partial charge in [-0.2, -0.15) is 5.26 Å². The van der Waals surface area contributed by atoms with Gasteiger partial charge in [0.2, 0.25) is 5.12 Å². The first-order valence-electron chi connectivity index (χ1n) is 3.21. The van der Waals surface area contributed by atoms with Crippen LogP contribution >= 0.6 is 11.8 Å². The summed E-state index contributed by atoms with van der Waals surface area (Å²) >= 11 is 0.199. The molecule has 0 radical (unpaired) electrons. The fourth-order valence-electron chi connectivity index (χ4n) is 0.785. The molecule has 1 aromatic carbocycles. The molecule has 0 saturated carbocycles. The van der Waals surface area contributed by atoms with Gasteiger partial charge in [0, 0.05) is 11.8 Å². The van der Waals surface area contributed by atoms with Crippen LogP contribution in [0.1, 0.15) is 10.4 Å². The van der Waals surface area contributed by atoms with Gasteiger partial charge in [0.25, 0.3) is 0 Å². The summed E-state index contributed by atoms with van der Waals surface area (Å²) in [6.45, 7) is 0. The third-order valence-electron chi connectivity index (χ3n) is 1.31. The minimum absolute atomic E-state index is 0.199. The minimum atomic E-state index is -0.951. The molecule has 0 heterocycles. The summed E-state index contributed by atoms with van der Waals surface area (Å²) < 4.78 is 25.7. The fourth-order valence-corrected chi connectivity index (χ4v) is 1.17. The van der Waals surface area contributed by atoms with Crippen LogP contribution < -0.4 is 0 Å². The highest BCUT2D eigenvalue weighted by molar-refractivity contribution is 8.18. The van der Waals surface area contributed by atoms with Crippen molar-refractivity contribution >= 4 is 16.9 Å². The molecule has 13 heavy (non-hydrogen) atoms. The molecule has 5 heteroatoms. The molecule has 0 spiro atoms.